The third kappa shape index (κ3) is 3.92. The Bertz CT molecular complexity index is 686. The Morgan fingerprint density at radius 2 is 2.10 bits per heavy atom. The summed E-state index contributed by atoms with van der Waals surface area (Å²) >= 11 is 6.77. The van der Waals surface area contributed by atoms with Crippen molar-refractivity contribution in [2.45, 2.75) is 11.1 Å². The first-order chi connectivity index (χ1) is 9.49. The topological polar surface area (TPSA) is 71.1 Å². The van der Waals surface area contributed by atoms with Crippen molar-refractivity contribution in [2.24, 2.45) is 0 Å². The van der Waals surface area contributed by atoms with Crippen LogP contribution in [0.2, 0.25) is 4.34 Å². The maximum atomic E-state index is 11.9. The number of pyridine rings is 1. The van der Waals surface area contributed by atoms with E-state index in [1.807, 2.05) is 13.0 Å². The first-order valence-corrected chi connectivity index (χ1v) is 8.56. The van der Waals surface area contributed by atoms with Crippen molar-refractivity contribution in [1.29, 1.82) is 0 Å². The molecule has 0 aliphatic carbocycles. The number of hydrogen-bond acceptors (Lipinski definition) is 5. The van der Waals surface area contributed by atoms with Crippen LogP contribution >= 0.6 is 22.9 Å². The summed E-state index contributed by atoms with van der Waals surface area (Å²) in [5.74, 6) is 0. The molecule has 108 valence electrons. The minimum absolute atomic E-state index is 0.225. The number of nitrogens with zero attached hydrogens (tertiary/aromatic N) is 1. The Balaban J connectivity index is 1.86. The number of thiophene rings is 1. The van der Waals surface area contributed by atoms with Gasteiger partial charge in [-0.2, -0.15) is 0 Å². The standard InChI is InChI=1S/C12H14ClN3O2S2/c1-9-8-14-5-4-10(9)15-6-7-16-20(17,18)12-3-2-11(13)19-12/h2-5,8,16H,6-7H2,1H3,(H,14,15). The molecule has 0 unspecified atom stereocenters. The summed E-state index contributed by atoms with van der Waals surface area (Å²) in [6.45, 7) is 2.72. The van der Waals surface area contributed by atoms with Crippen molar-refractivity contribution < 1.29 is 8.42 Å². The molecule has 2 rings (SSSR count). The van der Waals surface area contributed by atoms with E-state index in [1.54, 1.807) is 18.5 Å². The molecule has 0 aromatic carbocycles. The van der Waals surface area contributed by atoms with Crippen molar-refractivity contribution in [3.8, 4) is 0 Å². The second kappa shape index (κ2) is 6.53. The van der Waals surface area contributed by atoms with Crippen LogP contribution in [-0.2, 0) is 10.0 Å². The predicted octanol–water partition coefficient (Wildman–Crippen LogP) is 2.50. The van der Waals surface area contributed by atoms with Gasteiger partial charge in [-0.15, -0.1) is 11.3 Å². The first-order valence-electron chi connectivity index (χ1n) is 5.88. The third-order valence-corrected chi connectivity index (χ3v) is 5.75. The summed E-state index contributed by atoms with van der Waals surface area (Å²) < 4.78 is 27.1. The molecule has 0 bridgehead atoms. The molecule has 0 saturated heterocycles. The molecule has 0 radical (unpaired) electrons. The van der Waals surface area contributed by atoms with Crippen molar-refractivity contribution >= 4 is 38.6 Å². The van der Waals surface area contributed by atoms with Gasteiger partial charge in [-0.3, -0.25) is 4.98 Å². The van der Waals surface area contributed by atoms with Crippen LogP contribution in [-0.4, -0.2) is 26.5 Å². The quantitative estimate of drug-likeness (QED) is 0.798. The number of aromatic nitrogens is 1. The smallest absolute Gasteiger partial charge is 0.250 e. The van der Waals surface area contributed by atoms with Gasteiger partial charge >= 0.3 is 0 Å². The molecule has 0 fully saturated rings. The van der Waals surface area contributed by atoms with Crippen molar-refractivity contribution in [2.75, 3.05) is 18.4 Å². The lowest BCUT2D eigenvalue weighted by Crippen LogP contribution is -2.28. The van der Waals surface area contributed by atoms with Gasteiger partial charge in [-0.05, 0) is 30.7 Å². The lowest BCUT2D eigenvalue weighted by Gasteiger charge is -2.09. The highest BCUT2D eigenvalue weighted by atomic mass is 35.5. The Morgan fingerprint density at radius 3 is 2.75 bits per heavy atom. The number of hydrogen-bond donors (Lipinski definition) is 2. The van der Waals surface area contributed by atoms with Gasteiger partial charge in [0.2, 0.25) is 10.0 Å². The van der Waals surface area contributed by atoms with Gasteiger partial charge in [0, 0.05) is 31.2 Å². The summed E-state index contributed by atoms with van der Waals surface area (Å²) in [7, 11) is -3.47. The van der Waals surface area contributed by atoms with Crippen LogP contribution in [0.25, 0.3) is 0 Å². The van der Waals surface area contributed by atoms with Crippen LogP contribution in [0.5, 0.6) is 0 Å². The van der Waals surface area contributed by atoms with E-state index in [-0.39, 0.29) is 4.21 Å². The lowest BCUT2D eigenvalue weighted by atomic mass is 10.2. The SMILES string of the molecule is Cc1cnccc1NCCNS(=O)(=O)c1ccc(Cl)s1. The van der Waals surface area contributed by atoms with E-state index < -0.39 is 10.0 Å². The fourth-order valence-electron chi connectivity index (χ4n) is 1.57. The third-order valence-electron chi connectivity index (χ3n) is 2.57. The molecular weight excluding hydrogens is 318 g/mol. The van der Waals surface area contributed by atoms with E-state index in [4.69, 9.17) is 11.6 Å². The monoisotopic (exact) mass is 331 g/mol. The summed E-state index contributed by atoms with van der Waals surface area (Å²) in [4.78, 5) is 3.99. The summed E-state index contributed by atoms with van der Waals surface area (Å²) in [6, 6.07) is 4.91. The Kier molecular flexibility index (Phi) is 4.98. The van der Waals surface area contributed by atoms with Crippen molar-refractivity contribution in [3.05, 3.63) is 40.5 Å². The predicted molar refractivity (Wildman–Crippen MR) is 82.0 cm³/mol. The zero-order valence-electron chi connectivity index (χ0n) is 10.8. The minimum atomic E-state index is -3.47. The molecule has 0 aliphatic heterocycles. The fraction of sp³-hybridized carbons (Fsp3) is 0.250. The van der Waals surface area contributed by atoms with Gasteiger partial charge in [-0.1, -0.05) is 11.6 Å². The van der Waals surface area contributed by atoms with Gasteiger partial charge in [0.15, 0.2) is 0 Å². The summed E-state index contributed by atoms with van der Waals surface area (Å²) in [6.07, 6.45) is 3.44. The lowest BCUT2D eigenvalue weighted by molar-refractivity contribution is 0.585. The number of anilines is 1. The van der Waals surface area contributed by atoms with Crippen LogP contribution in [0.15, 0.2) is 34.8 Å². The largest absolute Gasteiger partial charge is 0.383 e. The molecule has 8 heteroatoms. The molecule has 20 heavy (non-hydrogen) atoms. The molecule has 2 aromatic rings. The molecule has 2 N–H and O–H groups in total. The number of rotatable bonds is 6. The maximum absolute atomic E-state index is 11.9. The molecule has 0 atom stereocenters. The Hall–Kier alpha value is -1.15. The number of halogens is 1. The summed E-state index contributed by atoms with van der Waals surface area (Å²) in [5.41, 5.74) is 1.96. The van der Waals surface area contributed by atoms with E-state index in [0.717, 1.165) is 22.6 Å². The summed E-state index contributed by atoms with van der Waals surface area (Å²) in [5, 5.41) is 3.15. The Labute approximate surface area is 127 Å². The van der Waals surface area contributed by atoms with E-state index in [9.17, 15) is 8.42 Å². The number of sulfonamides is 1. The zero-order chi connectivity index (χ0) is 14.6. The average molecular weight is 332 g/mol. The highest BCUT2D eigenvalue weighted by Crippen LogP contribution is 2.25. The van der Waals surface area contributed by atoms with E-state index in [0.29, 0.717) is 17.4 Å². The highest BCUT2D eigenvalue weighted by Gasteiger charge is 2.15. The van der Waals surface area contributed by atoms with Gasteiger partial charge in [-0.25, -0.2) is 13.1 Å². The van der Waals surface area contributed by atoms with Gasteiger partial charge in [0.25, 0.3) is 0 Å². The molecular formula is C12H14ClN3O2S2. The van der Waals surface area contributed by atoms with E-state index in [2.05, 4.69) is 15.0 Å². The van der Waals surface area contributed by atoms with Crippen LogP contribution in [0, 0.1) is 6.92 Å². The highest BCUT2D eigenvalue weighted by molar-refractivity contribution is 7.91. The van der Waals surface area contributed by atoms with Gasteiger partial charge < -0.3 is 5.32 Å². The van der Waals surface area contributed by atoms with Crippen LogP contribution in [0.1, 0.15) is 5.56 Å². The molecule has 5 nitrogen and oxygen atoms in total. The maximum Gasteiger partial charge on any atom is 0.250 e. The van der Waals surface area contributed by atoms with Crippen molar-refractivity contribution in [3.63, 3.8) is 0 Å². The molecule has 0 saturated carbocycles. The number of aryl methyl sites for hydroxylation is 1. The van der Waals surface area contributed by atoms with E-state index in [1.165, 1.54) is 6.07 Å². The van der Waals surface area contributed by atoms with Gasteiger partial charge in [0.1, 0.15) is 4.21 Å². The minimum Gasteiger partial charge on any atom is -0.383 e. The fourth-order valence-corrected chi connectivity index (χ4v) is 4.13. The zero-order valence-corrected chi connectivity index (χ0v) is 13.1. The van der Waals surface area contributed by atoms with Crippen molar-refractivity contribution in [1.82, 2.24) is 9.71 Å². The second-order valence-electron chi connectivity index (χ2n) is 4.07. The van der Waals surface area contributed by atoms with Crippen LogP contribution in [0.3, 0.4) is 0 Å². The van der Waals surface area contributed by atoms with E-state index >= 15 is 0 Å². The molecule has 0 spiro atoms. The number of nitrogens with one attached hydrogen (secondary N) is 2. The van der Waals surface area contributed by atoms with Crippen LogP contribution in [0.4, 0.5) is 5.69 Å². The first kappa shape index (κ1) is 15.2. The molecule has 0 amide bonds. The van der Waals surface area contributed by atoms with Crippen LogP contribution < -0.4 is 10.0 Å². The molecule has 2 heterocycles. The Morgan fingerprint density at radius 1 is 1.30 bits per heavy atom. The molecule has 0 aliphatic rings. The average Bonchev–Trinajstić information content (AvgIpc) is 2.84. The van der Waals surface area contributed by atoms with Gasteiger partial charge in [0.05, 0.1) is 4.34 Å². The second-order valence-corrected chi connectivity index (χ2v) is 7.78. The normalized spacial score (nSPS) is 11.5. The molecule has 2 aromatic heterocycles.